The number of carbonyl (C=O) groups excluding carboxylic acids is 11. The Balaban J connectivity index is 4.59. The fraction of sp³-hybridized carbons (Fsp3) is 0.788. The molecular formula is C66H120N14O12S. The van der Waals surface area contributed by atoms with Crippen molar-refractivity contribution in [3.8, 4) is 0 Å². The first-order chi connectivity index (χ1) is 42.9. The molecule has 0 radical (unpaired) electrons. The molecule has 532 valence electrons. The monoisotopic (exact) mass is 1330 g/mol. The molecule has 0 spiro atoms. The molecule has 11 amide bonds. The normalized spacial score (nSPS) is 26.7. The Morgan fingerprint density at radius 1 is 0.495 bits per heavy atom. The number of likely N-dealkylation sites (N-methyl/N-ethyl adjacent to an activating group) is 7. The van der Waals surface area contributed by atoms with E-state index in [1.165, 1.54) is 87.7 Å². The van der Waals surface area contributed by atoms with Crippen molar-refractivity contribution in [3.63, 3.8) is 0 Å². The number of aliphatic imine (C=N–C) groups is 1. The number of rotatable bonds is 19. The Bertz CT molecular complexity index is 2600. The number of guanidine groups is 1. The number of amides is 11. The topological polar surface area (TPSA) is 343 Å². The minimum Gasteiger partial charge on any atom is -0.390 e. The summed E-state index contributed by atoms with van der Waals surface area (Å²) >= 11 is 4.86. The summed E-state index contributed by atoms with van der Waals surface area (Å²) in [5.41, 5.74) is 11.4. The van der Waals surface area contributed by atoms with Crippen molar-refractivity contribution in [1.29, 1.82) is 0 Å². The zero-order chi connectivity index (χ0) is 72.1. The third-order valence-corrected chi connectivity index (χ3v) is 17.9. The number of nitrogens with one attached hydrogen (secondary N) is 4. The summed E-state index contributed by atoms with van der Waals surface area (Å²) in [5, 5.41) is 22.3. The second-order valence-corrected chi connectivity index (χ2v) is 28.6. The molecule has 27 heteroatoms. The van der Waals surface area contributed by atoms with Crippen LogP contribution in [0.1, 0.15) is 163 Å². The molecule has 1 heterocycles. The maximum Gasteiger partial charge on any atom is 0.246 e. The van der Waals surface area contributed by atoms with Gasteiger partial charge < -0.3 is 72.1 Å². The third-order valence-electron chi connectivity index (χ3n) is 17.4. The van der Waals surface area contributed by atoms with Gasteiger partial charge in [-0.25, -0.2) is 0 Å². The standard InChI is InChI=1S/C66H120N14O12S/c1-25-27-28-41(15)54(81)53-58(85)72-44(26-2)60(87)79(23)52(49(93)29-30-69-66(67)68)65(92)75(19)46(32-36(5)6)57(84)73-50(39(11)12)63(90)74(18)45(31-35(3)4)56(83)70-42(16)55(82)71-43(17)59(86)76(20)47(33-37(7)8)61(88)77(21)48(34-38(9)10)62(89)78(22)51(40(13)14)64(91)80(53)24/h25,27,35-54,81,93H,26,28-34H2,1-24H3,(H,70,83)(H,71,82)(H,72,85)(H,73,84)(H4,67,68,69)/b27-25+/t41-,42+,43-,44+,45+,46+,47+,48+,49?,50+,51+,52?,53?,54-/m1/s1. The molecule has 93 heavy (non-hydrogen) atoms. The van der Waals surface area contributed by atoms with Gasteiger partial charge in [0.2, 0.25) is 65.0 Å². The van der Waals surface area contributed by atoms with Gasteiger partial charge in [0.05, 0.1) is 6.10 Å². The molecule has 3 unspecified atom stereocenters. The van der Waals surface area contributed by atoms with Crippen molar-refractivity contribution < 1.29 is 57.8 Å². The lowest BCUT2D eigenvalue weighted by atomic mass is 9.91. The van der Waals surface area contributed by atoms with E-state index in [1.807, 2.05) is 55.4 Å². The number of allylic oxidation sites excluding steroid dienone is 2. The number of nitrogens with zero attached hydrogens (tertiary/aromatic N) is 8. The first-order valence-electron chi connectivity index (χ1n) is 33.1. The van der Waals surface area contributed by atoms with Crippen molar-refractivity contribution in [3.05, 3.63) is 12.2 Å². The maximum atomic E-state index is 15.4. The molecule has 1 rings (SSSR count). The molecule has 14 atom stereocenters. The quantitative estimate of drug-likeness (QED) is 0.0399. The van der Waals surface area contributed by atoms with E-state index in [0.717, 1.165) is 9.80 Å². The van der Waals surface area contributed by atoms with E-state index in [1.54, 1.807) is 60.6 Å². The smallest absolute Gasteiger partial charge is 0.246 e. The molecule has 1 aliphatic rings. The van der Waals surface area contributed by atoms with Crippen LogP contribution in [0.2, 0.25) is 0 Å². The van der Waals surface area contributed by atoms with Crippen LogP contribution in [0.5, 0.6) is 0 Å². The number of hydrogen-bond acceptors (Lipinski definition) is 14. The van der Waals surface area contributed by atoms with Crippen LogP contribution in [0.4, 0.5) is 0 Å². The number of carbonyl (C=O) groups is 11. The van der Waals surface area contributed by atoms with Gasteiger partial charge in [-0.1, -0.05) is 109 Å². The molecule has 0 aliphatic carbocycles. The van der Waals surface area contributed by atoms with E-state index in [-0.39, 0.29) is 81.1 Å². The highest BCUT2D eigenvalue weighted by Crippen LogP contribution is 2.27. The molecule has 1 aliphatic heterocycles. The summed E-state index contributed by atoms with van der Waals surface area (Å²) in [6.07, 6.45) is 2.70. The minimum absolute atomic E-state index is 0.0245. The highest BCUT2D eigenvalue weighted by Gasteiger charge is 2.47. The van der Waals surface area contributed by atoms with Crippen LogP contribution in [-0.4, -0.2) is 244 Å². The molecule has 0 aromatic heterocycles. The summed E-state index contributed by atoms with van der Waals surface area (Å²) in [6, 6.07) is -14.4. The first-order valence-corrected chi connectivity index (χ1v) is 33.6. The summed E-state index contributed by atoms with van der Waals surface area (Å²) in [7, 11) is 9.82. The average Bonchev–Trinajstić information content (AvgIpc) is 0.838. The largest absolute Gasteiger partial charge is 0.390 e. The van der Waals surface area contributed by atoms with Crippen molar-refractivity contribution in [2.75, 3.05) is 55.9 Å². The second kappa shape index (κ2) is 38.8. The minimum atomic E-state index is -1.68. The van der Waals surface area contributed by atoms with Gasteiger partial charge in [0.15, 0.2) is 5.96 Å². The molecule has 1 saturated heterocycles. The van der Waals surface area contributed by atoms with Crippen molar-refractivity contribution in [1.82, 2.24) is 55.6 Å². The SMILES string of the molecule is C/C=C/C[C@@H](C)[C@@H](O)C1C(=O)N[C@@H](CC)C(=O)N(C)C(C(S)CCN=C(N)N)C(=O)N(C)[C@@H](CC(C)C)C(=O)N[C@@H](C(C)C)C(=O)N(C)[C@@H](CC(C)C)C(=O)N[C@@H](C)C(=O)N[C@H](C)C(=O)N(C)[C@@H](CC(C)C)C(=O)N(C)[C@@H](CC(C)C)C(=O)N(C)[C@@H](C(C)C)C(=O)N1C. The zero-order valence-corrected chi connectivity index (χ0v) is 61.4. The van der Waals surface area contributed by atoms with Gasteiger partial charge in [0.25, 0.3) is 0 Å². The number of aliphatic hydroxyl groups is 1. The lowest BCUT2D eigenvalue weighted by Crippen LogP contribution is -2.64. The van der Waals surface area contributed by atoms with Crippen molar-refractivity contribution >= 4 is 83.6 Å². The number of hydrogen-bond donors (Lipinski definition) is 8. The van der Waals surface area contributed by atoms with Crippen LogP contribution in [0.25, 0.3) is 0 Å². The summed E-state index contributed by atoms with van der Waals surface area (Å²) < 4.78 is 0. The molecule has 1 fully saturated rings. The van der Waals surface area contributed by atoms with Crippen molar-refractivity contribution in [2.45, 2.75) is 240 Å². The van der Waals surface area contributed by atoms with Crippen molar-refractivity contribution in [2.24, 2.45) is 57.9 Å². The Morgan fingerprint density at radius 3 is 1.33 bits per heavy atom. The van der Waals surface area contributed by atoms with Crippen LogP contribution in [-0.2, 0) is 52.7 Å². The summed E-state index contributed by atoms with van der Waals surface area (Å²) in [6.45, 7) is 29.6. The second-order valence-electron chi connectivity index (χ2n) is 27.9. The van der Waals surface area contributed by atoms with E-state index in [2.05, 4.69) is 26.3 Å². The van der Waals surface area contributed by atoms with Crippen LogP contribution < -0.4 is 32.7 Å². The Kier molecular flexibility index (Phi) is 35.2. The van der Waals surface area contributed by atoms with E-state index in [9.17, 15) is 29.1 Å². The van der Waals surface area contributed by atoms with Crippen LogP contribution in [0.3, 0.4) is 0 Å². The average molecular weight is 1330 g/mol. The Morgan fingerprint density at radius 2 is 0.892 bits per heavy atom. The van der Waals surface area contributed by atoms with Gasteiger partial charge in [0, 0.05) is 61.1 Å². The van der Waals surface area contributed by atoms with E-state index >= 15 is 28.8 Å². The molecule has 0 saturated carbocycles. The van der Waals surface area contributed by atoms with Gasteiger partial charge in [0.1, 0.15) is 66.5 Å². The fourth-order valence-corrected chi connectivity index (χ4v) is 12.1. The van der Waals surface area contributed by atoms with E-state index in [0.29, 0.717) is 0 Å². The number of aliphatic hydroxyl groups excluding tert-OH is 1. The highest BCUT2D eigenvalue weighted by molar-refractivity contribution is 7.81. The van der Waals surface area contributed by atoms with Gasteiger partial charge in [-0.05, 0) is 107 Å². The molecule has 0 bridgehead atoms. The Labute approximate surface area is 561 Å². The predicted molar refractivity (Wildman–Crippen MR) is 365 cm³/mol. The molecule has 0 aromatic rings. The van der Waals surface area contributed by atoms with Crippen LogP contribution in [0, 0.1) is 41.4 Å². The predicted octanol–water partition coefficient (Wildman–Crippen LogP) is 2.60. The van der Waals surface area contributed by atoms with E-state index in [4.69, 9.17) is 24.1 Å². The van der Waals surface area contributed by atoms with Gasteiger partial charge in [-0.15, -0.1) is 0 Å². The third kappa shape index (κ3) is 24.0. The van der Waals surface area contributed by atoms with Gasteiger partial charge in [-0.2, -0.15) is 12.6 Å². The number of nitrogens with two attached hydrogens (primary N) is 2. The van der Waals surface area contributed by atoms with Crippen LogP contribution >= 0.6 is 12.6 Å². The van der Waals surface area contributed by atoms with E-state index < -0.39 is 161 Å². The lowest BCUT2D eigenvalue weighted by Gasteiger charge is -2.42. The molecule has 26 nitrogen and oxygen atoms in total. The lowest BCUT2D eigenvalue weighted by molar-refractivity contribution is -0.157. The number of thiol groups is 1. The van der Waals surface area contributed by atoms with Crippen LogP contribution in [0.15, 0.2) is 17.1 Å². The first kappa shape index (κ1) is 84.5. The zero-order valence-electron chi connectivity index (χ0n) is 60.5. The molecule has 0 aromatic carbocycles. The molecular weight excluding hydrogens is 1210 g/mol. The summed E-state index contributed by atoms with van der Waals surface area (Å²) in [5.74, 6) is -10.8. The summed E-state index contributed by atoms with van der Waals surface area (Å²) in [4.78, 5) is 176. The maximum absolute atomic E-state index is 15.4. The molecule has 9 N–H and O–H groups in total. The van der Waals surface area contributed by atoms with Gasteiger partial charge >= 0.3 is 0 Å². The van der Waals surface area contributed by atoms with Gasteiger partial charge in [-0.3, -0.25) is 57.7 Å². The highest BCUT2D eigenvalue weighted by atomic mass is 32.1. The fourth-order valence-electron chi connectivity index (χ4n) is 11.7. The Hall–Kier alpha value is -6.51.